The lowest BCUT2D eigenvalue weighted by molar-refractivity contribution is -0.148. The van der Waals surface area contributed by atoms with Crippen molar-refractivity contribution in [2.24, 2.45) is 5.84 Å². The molecule has 3 N–H and O–H groups in total. The van der Waals surface area contributed by atoms with Crippen molar-refractivity contribution in [1.82, 2.24) is 10.3 Å². The molecule has 0 aromatic heterocycles. The first kappa shape index (κ1) is 12.9. The lowest BCUT2D eigenvalue weighted by Crippen LogP contribution is -2.50. The molecule has 92 valence electrons. The molecule has 16 heavy (non-hydrogen) atoms. The van der Waals surface area contributed by atoms with Crippen molar-refractivity contribution in [2.75, 3.05) is 19.7 Å². The number of ether oxygens (including phenoxy) is 1. The van der Waals surface area contributed by atoms with Crippen LogP contribution in [-0.4, -0.2) is 42.5 Å². The molecule has 6 heteroatoms. The number of hydrazine groups is 1. The zero-order chi connectivity index (χ0) is 12.0. The second kappa shape index (κ2) is 6.44. The zero-order valence-corrected chi connectivity index (χ0v) is 9.57. The third-order valence-electron chi connectivity index (χ3n) is 2.55. The molecule has 0 bridgehead atoms. The van der Waals surface area contributed by atoms with E-state index in [0.29, 0.717) is 19.7 Å². The largest absolute Gasteiger partial charge is 0.376 e. The van der Waals surface area contributed by atoms with Gasteiger partial charge in [-0.2, -0.15) is 0 Å². The van der Waals surface area contributed by atoms with Gasteiger partial charge in [0.25, 0.3) is 0 Å². The van der Waals surface area contributed by atoms with E-state index in [2.05, 4.69) is 0 Å². The Morgan fingerprint density at radius 2 is 2.31 bits per heavy atom. The monoisotopic (exact) mass is 229 g/mol. The Balaban J connectivity index is 2.43. The standard InChI is InChI=1S/C10H19N3O3/c1-2-6-16-8-4-3-5-13(7-8)10(15)9(14)12-11/h8H,2-7,11H2,1H3,(H,12,14). The molecule has 6 nitrogen and oxygen atoms in total. The van der Waals surface area contributed by atoms with Crippen LogP contribution in [0.5, 0.6) is 0 Å². The first-order valence-electron chi connectivity index (χ1n) is 5.60. The van der Waals surface area contributed by atoms with Crippen molar-refractivity contribution >= 4 is 11.8 Å². The minimum Gasteiger partial charge on any atom is -0.376 e. The Hall–Kier alpha value is -1.14. The number of hydrogen-bond donors (Lipinski definition) is 2. The lowest BCUT2D eigenvalue weighted by Gasteiger charge is -2.31. The topological polar surface area (TPSA) is 84.7 Å². The van der Waals surface area contributed by atoms with Crippen molar-refractivity contribution in [3.8, 4) is 0 Å². The van der Waals surface area contributed by atoms with E-state index in [0.717, 1.165) is 19.3 Å². The number of rotatable bonds is 3. The van der Waals surface area contributed by atoms with Gasteiger partial charge in [0.2, 0.25) is 0 Å². The summed E-state index contributed by atoms with van der Waals surface area (Å²) in [6.07, 6.45) is 2.79. The molecule has 0 aliphatic carbocycles. The van der Waals surface area contributed by atoms with Gasteiger partial charge < -0.3 is 9.64 Å². The lowest BCUT2D eigenvalue weighted by atomic mass is 10.1. The third kappa shape index (κ3) is 3.46. The number of hydrogen-bond acceptors (Lipinski definition) is 4. The van der Waals surface area contributed by atoms with Crippen LogP contribution in [0.4, 0.5) is 0 Å². The number of nitrogens with one attached hydrogen (secondary N) is 1. The average Bonchev–Trinajstić information content (AvgIpc) is 2.34. The Labute approximate surface area is 95.1 Å². The fourth-order valence-electron chi connectivity index (χ4n) is 1.75. The van der Waals surface area contributed by atoms with Crippen LogP contribution < -0.4 is 11.3 Å². The maximum atomic E-state index is 11.5. The zero-order valence-electron chi connectivity index (χ0n) is 9.57. The van der Waals surface area contributed by atoms with Crippen LogP contribution in [0.3, 0.4) is 0 Å². The van der Waals surface area contributed by atoms with E-state index in [1.54, 1.807) is 0 Å². The van der Waals surface area contributed by atoms with Gasteiger partial charge in [-0.15, -0.1) is 0 Å². The number of amides is 2. The Morgan fingerprint density at radius 3 is 2.94 bits per heavy atom. The van der Waals surface area contributed by atoms with Gasteiger partial charge in [-0.1, -0.05) is 6.92 Å². The van der Waals surface area contributed by atoms with Crippen molar-refractivity contribution in [3.05, 3.63) is 0 Å². The molecule has 0 aromatic rings. The predicted octanol–water partition coefficient (Wildman–Crippen LogP) is -0.606. The van der Waals surface area contributed by atoms with E-state index in [1.807, 2.05) is 12.3 Å². The third-order valence-corrected chi connectivity index (χ3v) is 2.55. The molecule has 0 aromatic carbocycles. The van der Waals surface area contributed by atoms with Gasteiger partial charge in [0, 0.05) is 19.7 Å². The Kier molecular flexibility index (Phi) is 5.21. The fraction of sp³-hybridized carbons (Fsp3) is 0.800. The molecule has 1 aliphatic heterocycles. The van der Waals surface area contributed by atoms with Crippen LogP contribution in [0.1, 0.15) is 26.2 Å². The Bertz CT molecular complexity index is 258. The van der Waals surface area contributed by atoms with Gasteiger partial charge in [-0.3, -0.25) is 15.0 Å². The van der Waals surface area contributed by atoms with E-state index in [-0.39, 0.29) is 6.10 Å². The molecule has 2 amide bonds. The second-order valence-corrected chi connectivity index (χ2v) is 3.86. The highest BCUT2D eigenvalue weighted by molar-refractivity contribution is 6.34. The Morgan fingerprint density at radius 1 is 1.56 bits per heavy atom. The number of carbonyl (C=O) groups excluding carboxylic acids is 2. The molecule has 1 fully saturated rings. The van der Waals surface area contributed by atoms with Crippen molar-refractivity contribution < 1.29 is 14.3 Å². The number of carbonyl (C=O) groups is 2. The van der Waals surface area contributed by atoms with Crippen LogP contribution in [0.25, 0.3) is 0 Å². The smallest absolute Gasteiger partial charge is 0.323 e. The van der Waals surface area contributed by atoms with Gasteiger partial charge in [-0.05, 0) is 19.3 Å². The number of nitrogens with zero attached hydrogens (tertiary/aromatic N) is 1. The molecule has 0 spiro atoms. The van der Waals surface area contributed by atoms with Crippen LogP contribution in [0.15, 0.2) is 0 Å². The molecule has 1 aliphatic rings. The fourth-order valence-corrected chi connectivity index (χ4v) is 1.75. The van der Waals surface area contributed by atoms with Crippen molar-refractivity contribution in [1.29, 1.82) is 0 Å². The predicted molar refractivity (Wildman–Crippen MR) is 58.2 cm³/mol. The summed E-state index contributed by atoms with van der Waals surface area (Å²) in [4.78, 5) is 24.1. The van der Waals surface area contributed by atoms with Gasteiger partial charge in [-0.25, -0.2) is 5.84 Å². The molecular formula is C10H19N3O3. The molecule has 1 unspecified atom stereocenters. The molecule has 0 saturated carbocycles. The summed E-state index contributed by atoms with van der Waals surface area (Å²) in [5.74, 6) is 3.57. The summed E-state index contributed by atoms with van der Waals surface area (Å²) >= 11 is 0. The van der Waals surface area contributed by atoms with E-state index in [9.17, 15) is 9.59 Å². The average molecular weight is 229 g/mol. The molecule has 0 radical (unpaired) electrons. The number of nitrogens with two attached hydrogens (primary N) is 1. The van der Waals surface area contributed by atoms with Gasteiger partial charge in [0.05, 0.1) is 6.10 Å². The van der Waals surface area contributed by atoms with E-state index in [1.165, 1.54) is 4.90 Å². The normalized spacial score (nSPS) is 20.6. The number of piperidine rings is 1. The first-order chi connectivity index (χ1) is 7.69. The number of likely N-dealkylation sites (tertiary alicyclic amines) is 1. The van der Waals surface area contributed by atoms with Crippen molar-refractivity contribution in [3.63, 3.8) is 0 Å². The minimum absolute atomic E-state index is 0.0447. The van der Waals surface area contributed by atoms with E-state index >= 15 is 0 Å². The summed E-state index contributed by atoms with van der Waals surface area (Å²) in [5.41, 5.74) is 1.85. The quantitative estimate of drug-likeness (QED) is 0.293. The van der Waals surface area contributed by atoms with E-state index < -0.39 is 11.8 Å². The molecule has 1 rings (SSSR count). The van der Waals surface area contributed by atoms with E-state index in [4.69, 9.17) is 10.6 Å². The van der Waals surface area contributed by atoms with Crippen LogP contribution in [0, 0.1) is 0 Å². The second-order valence-electron chi connectivity index (χ2n) is 3.86. The highest BCUT2D eigenvalue weighted by Gasteiger charge is 2.27. The summed E-state index contributed by atoms with van der Waals surface area (Å²) in [6, 6.07) is 0. The minimum atomic E-state index is -0.767. The molecule has 1 heterocycles. The van der Waals surface area contributed by atoms with Crippen molar-refractivity contribution in [2.45, 2.75) is 32.3 Å². The highest BCUT2D eigenvalue weighted by Crippen LogP contribution is 2.13. The van der Waals surface area contributed by atoms with Gasteiger partial charge >= 0.3 is 11.8 Å². The molecule has 1 saturated heterocycles. The maximum Gasteiger partial charge on any atom is 0.323 e. The van der Waals surface area contributed by atoms with Gasteiger partial charge in [0.15, 0.2) is 0 Å². The summed E-state index contributed by atoms with van der Waals surface area (Å²) in [7, 11) is 0. The highest BCUT2D eigenvalue weighted by atomic mass is 16.5. The van der Waals surface area contributed by atoms with Crippen LogP contribution >= 0.6 is 0 Å². The van der Waals surface area contributed by atoms with Gasteiger partial charge in [0.1, 0.15) is 0 Å². The molecule has 1 atom stereocenters. The maximum absolute atomic E-state index is 11.5. The summed E-state index contributed by atoms with van der Waals surface area (Å²) in [6.45, 7) is 3.80. The van der Waals surface area contributed by atoms with Crippen LogP contribution in [0.2, 0.25) is 0 Å². The summed E-state index contributed by atoms with van der Waals surface area (Å²) in [5, 5.41) is 0. The SMILES string of the molecule is CCCOC1CCCN(C(=O)C(=O)NN)C1. The summed E-state index contributed by atoms with van der Waals surface area (Å²) < 4.78 is 5.57. The molecular weight excluding hydrogens is 210 g/mol. The van der Waals surface area contributed by atoms with Crippen LogP contribution in [-0.2, 0) is 14.3 Å². The first-order valence-corrected chi connectivity index (χ1v) is 5.60.